The fourth-order valence-corrected chi connectivity index (χ4v) is 2.60. The molecule has 1 aromatic rings. The Balaban J connectivity index is 2.42. The van der Waals surface area contributed by atoms with Crippen LogP contribution in [0.2, 0.25) is 0 Å². The van der Waals surface area contributed by atoms with Crippen LogP contribution >= 0.6 is 27.7 Å². The van der Waals surface area contributed by atoms with Crippen LogP contribution in [0.15, 0.2) is 22.7 Å². The number of aryl methyl sites for hydroxylation is 1. The molecule has 90 valence electrons. The maximum absolute atomic E-state index is 3.57. The van der Waals surface area contributed by atoms with Crippen molar-refractivity contribution in [1.82, 2.24) is 5.32 Å². The molecule has 0 aromatic heterocycles. The highest BCUT2D eigenvalue weighted by Crippen LogP contribution is 2.15. The van der Waals surface area contributed by atoms with Gasteiger partial charge in [0, 0.05) is 17.1 Å². The Hall–Kier alpha value is 0.01000. The predicted octanol–water partition coefficient (Wildman–Crippen LogP) is 3.99. The molecule has 3 heteroatoms. The summed E-state index contributed by atoms with van der Waals surface area (Å²) in [6.45, 7) is 5.38. The van der Waals surface area contributed by atoms with Crippen LogP contribution in [0.5, 0.6) is 0 Å². The summed E-state index contributed by atoms with van der Waals surface area (Å²) in [6.07, 6.45) is 3.39. The Bertz CT molecular complexity index is 328. The highest BCUT2D eigenvalue weighted by atomic mass is 79.9. The van der Waals surface area contributed by atoms with Crippen LogP contribution in [-0.2, 0) is 6.54 Å². The lowest BCUT2D eigenvalue weighted by atomic mass is 10.1. The van der Waals surface area contributed by atoms with E-state index in [1.54, 1.807) is 0 Å². The van der Waals surface area contributed by atoms with Gasteiger partial charge in [-0.25, -0.2) is 0 Å². The minimum atomic E-state index is 0.593. The second kappa shape index (κ2) is 7.36. The molecule has 0 spiro atoms. The van der Waals surface area contributed by atoms with Gasteiger partial charge < -0.3 is 5.32 Å². The van der Waals surface area contributed by atoms with E-state index in [9.17, 15) is 0 Å². The summed E-state index contributed by atoms with van der Waals surface area (Å²) in [5.41, 5.74) is 2.73. The largest absolute Gasteiger partial charge is 0.310 e. The maximum Gasteiger partial charge on any atom is 0.0210 e. The van der Waals surface area contributed by atoms with Gasteiger partial charge in [0.1, 0.15) is 0 Å². The number of benzene rings is 1. The monoisotopic (exact) mass is 301 g/mol. The molecule has 0 saturated heterocycles. The van der Waals surface area contributed by atoms with Gasteiger partial charge in [-0.3, -0.25) is 0 Å². The molecule has 0 fully saturated rings. The quantitative estimate of drug-likeness (QED) is 0.853. The molecule has 1 aromatic carbocycles. The van der Waals surface area contributed by atoms with Gasteiger partial charge >= 0.3 is 0 Å². The first-order valence-corrected chi connectivity index (χ1v) is 7.79. The van der Waals surface area contributed by atoms with Gasteiger partial charge in [-0.05, 0) is 55.5 Å². The van der Waals surface area contributed by atoms with Crippen molar-refractivity contribution < 1.29 is 0 Å². The Morgan fingerprint density at radius 2 is 2.19 bits per heavy atom. The normalized spacial score (nSPS) is 12.8. The van der Waals surface area contributed by atoms with Gasteiger partial charge in [-0.2, -0.15) is 11.8 Å². The lowest BCUT2D eigenvalue weighted by Gasteiger charge is -2.14. The van der Waals surface area contributed by atoms with Crippen LogP contribution in [0.3, 0.4) is 0 Å². The Labute approximate surface area is 112 Å². The van der Waals surface area contributed by atoms with Crippen molar-refractivity contribution in [3.63, 3.8) is 0 Å². The van der Waals surface area contributed by atoms with Gasteiger partial charge in [0.2, 0.25) is 0 Å². The molecular formula is C13H20BrNS. The summed E-state index contributed by atoms with van der Waals surface area (Å²) >= 11 is 5.40. The van der Waals surface area contributed by atoms with Gasteiger partial charge in [-0.15, -0.1) is 0 Å². The molecule has 0 bridgehead atoms. The van der Waals surface area contributed by atoms with E-state index < -0.39 is 0 Å². The first kappa shape index (κ1) is 14.1. The summed E-state index contributed by atoms with van der Waals surface area (Å²) in [7, 11) is 0. The zero-order chi connectivity index (χ0) is 12.0. The fraction of sp³-hybridized carbons (Fsp3) is 0.538. The van der Waals surface area contributed by atoms with E-state index in [2.05, 4.69) is 59.5 Å². The number of nitrogens with one attached hydrogen (secondary N) is 1. The van der Waals surface area contributed by atoms with Crippen LogP contribution in [0, 0.1) is 6.92 Å². The number of thioether (sulfide) groups is 1. The molecule has 0 aliphatic rings. The summed E-state index contributed by atoms with van der Waals surface area (Å²) in [6, 6.07) is 7.06. The van der Waals surface area contributed by atoms with Crippen LogP contribution in [0.25, 0.3) is 0 Å². The molecule has 0 radical (unpaired) electrons. The summed E-state index contributed by atoms with van der Waals surface area (Å²) in [5.74, 6) is 1.23. The fourth-order valence-electron chi connectivity index (χ4n) is 1.54. The van der Waals surface area contributed by atoms with Crippen LogP contribution in [0.4, 0.5) is 0 Å². The second-order valence-corrected chi connectivity index (χ2v) is 6.04. The third-order valence-corrected chi connectivity index (χ3v) is 3.84. The topological polar surface area (TPSA) is 12.0 Å². The van der Waals surface area contributed by atoms with Crippen molar-refractivity contribution >= 4 is 27.7 Å². The van der Waals surface area contributed by atoms with Gasteiger partial charge in [-0.1, -0.05) is 22.0 Å². The van der Waals surface area contributed by atoms with E-state index in [-0.39, 0.29) is 0 Å². The number of rotatable bonds is 6. The Kier molecular flexibility index (Phi) is 6.47. The predicted molar refractivity (Wildman–Crippen MR) is 78.2 cm³/mol. The van der Waals surface area contributed by atoms with Crippen molar-refractivity contribution in [1.29, 1.82) is 0 Å². The van der Waals surface area contributed by atoms with E-state index in [1.165, 1.54) is 23.3 Å². The minimum absolute atomic E-state index is 0.593. The SMILES string of the molecule is CSCCC(C)NCc1ccc(Br)cc1C. The summed E-state index contributed by atoms with van der Waals surface area (Å²) in [5, 5.41) is 3.57. The minimum Gasteiger partial charge on any atom is -0.310 e. The maximum atomic E-state index is 3.57. The summed E-state index contributed by atoms with van der Waals surface area (Å²) in [4.78, 5) is 0. The zero-order valence-electron chi connectivity index (χ0n) is 10.2. The lowest BCUT2D eigenvalue weighted by Crippen LogP contribution is -2.26. The molecule has 1 rings (SSSR count). The Morgan fingerprint density at radius 1 is 1.44 bits per heavy atom. The third-order valence-electron chi connectivity index (χ3n) is 2.70. The zero-order valence-corrected chi connectivity index (χ0v) is 12.6. The molecule has 0 amide bonds. The van der Waals surface area contributed by atoms with Gasteiger partial charge in [0.05, 0.1) is 0 Å². The van der Waals surface area contributed by atoms with Gasteiger partial charge in [0.15, 0.2) is 0 Å². The molecule has 16 heavy (non-hydrogen) atoms. The van der Waals surface area contributed by atoms with Crippen LogP contribution in [-0.4, -0.2) is 18.1 Å². The number of hydrogen-bond donors (Lipinski definition) is 1. The van der Waals surface area contributed by atoms with Crippen molar-refractivity contribution in [3.8, 4) is 0 Å². The molecule has 1 atom stereocenters. The standard InChI is InChI=1S/C13H20BrNS/c1-10-8-13(14)5-4-12(10)9-15-11(2)6-7-16-3/h4-5,8,11,15H,6-7,9H2,1-3H3. The first-order valence-electron chi connectivity index (χ1n) is 5.61. The average Bonchev–Trinajstić information content (AvgIpc) is 2.25. The van der Waals surface area contributed by atoms with Crippen molar-refractivity contribution in [2.75, 3.05) is 12.0 Å². The highest BCUT2D eigenvalue weighted by Gasteiger charge is 2.03. The van der Waals surface area contributed by atoms with E-state index in [4.69, 9.17) is 0 Å². The smallest absolute Gasteiger partial charge is 0.0210 e. The number of hydrogen-bond acceptors (Lipinski definition) is 2. The third kappa shape index (κ3) is 4.89. The Morgan fingerprint density at radius 3 is 2.81 bits per heavy atom. The molecule has 1 nitrogen and oxygen atoms in total. The van der Waals surface area contributed by atoms with Gasteiger partial charge in [0.25, 0.3) is 0 Å². The van der Waals surface area contributed by atoms with Crippen LogP contribution in [0.1, 0.15) is 24.5 Å². The first-order chi connectivity index (χ1) is 7.63. The molecule has 1 N–H and O–H groups in total. The summed E-state index contributed by atoms with van der Waals surface area (Å²) < 4.78 is 1.16. The molecule has 0 heterocycles. The molecule has 0 aliphatic carbocycles. The van der Waals surface area contributed by atoms with Crippen molar-refractivity contribution in [2.24, 2.45) is 0 Å². The van der Waals surface area contributed by atoms with E-state index >= 15 is 0 Å². The molecular weight excluding hydrogens is 282 g/mol. The molecule has 0 saturated carbocycles. The van der Waals surface area contributed by atoms with E-state index in [0.717, 1.165) is 11.0 Å². The lowest BCUT2D eigenvalue weighted by molar-refractivity contribution is 0.536. The average molecular weight is 302 g/mol. The van der Waals surface area contributed by atoms with Crippen LogP contribution < -0.4 is 5.32 Å². The highest BCUT2D eigenvalue weighted by molar-refractivity contribution is 9.10. The van der Waals surface area contributed by atoms with E-state index in [1.807, 2.05) is 11.8 Å². The molecule has 0 aliphatic heterocycles. The molecule has 1 unspecified atom stereocenters. The van der Waals surface area contributed by atoms with Crippen molar-refractivity contribution in [2.45, 2.75) is 32.9 Å². The van der Waals surface area contributed by atoms with Crippen molar-refractivity contribution in [3.05, 3.63) is 33.8 Å². The number of halogens is 1. The van der Waals surface area contributed by atoms with E-state index in [0.29, 0.717) is 6.04 Å². The second-order valence-electron chi connectivity index (χ2n) is 4.13.